The van der Waals surface area contributed by atoms with Crippen LogP contribution in [0.4, 0.5) is 0 Å². The molecule has 0 bridgehead atoms. The van der Waals surface area contributed by atoms with Crippen molar-refractivity contribution in [2.24, 2.45) is 5.73 Å². The minimum atomic E-state index is 0.474. The number of nitrogens with one attached hydrogen (secondary N) is 1. The zero-order valence-electron chi connectivity index (χ0n) is 8.97. The maximum absolute atomic E-state index is 5.73. The predicted octanol–water partition coefficient (Wildman–Crippen LogP) is 1.96. The highest BCUT2D eigenvalue weighted by molar-refractivity contribution is 5.05. The van der Waals surface area contributed by atoms with Gasteiger partial charge in [0.25, 0.3) is 0 Å². The van der Waals surface area contributed by atoms with Gasteiger partial charge >= 0.3 is 0 Å². The fourth-order valence-electron chi connectivity index (χ4n) is 2.40. The molecule has 0 aliphatic heterocycles. The van der Waals surface area contributed by atoms with Gasteiger partial charge in [0, 0.05) is 12.1 Å². The average Bonchev–Trinajstić information content (AvgIpc) is 2.17. The molecule has 2 heteroatoms. The van der Waals surface area contributed by atoms with E-state index in [2.05, 4.69) is 11.4 Å². The highest BCUT2D eigenvalue weighted by Crippen LogP contribution is 2.21. The lowest BCUT2D eigenvalue weighted by Crippen LogP contribution is -2.48. The van der Waals surface area contributed by atoms with Gasteiger partial charge in [-0.15, -0.1) is 0 Å². The van der Waals surface area contributed by atoms with Gasteiger partial charge in [-0.1, -0.05) is 11.6 Å². The Morgan fingerprint density at radius 3 is 2.86 bits per heavy atom. The molecule has 0 unspecified atom stereocenters. The zero-order chi connectivity index (χ0) is 9.80. The largest absolute Gasteiger partial charge is 0.328 e. The number of hydrogen-bond donors (Lipinski definition) is 2. The summed E-state index contributed by atoms with van der Waals surface area (Å²) in [5.74, 6) is 0. The molecule has 2 nitrogen and oxygen atoms in total. The topological polar surface area (TPSA) is 38.0 Å². The van der Waals surface area contributed by atoms with Crippen molar-refractivity contribution < 1.29 is 0 Å². The van der Waals surface area contributed by atoms with Crippen LogP contribution in [0, 0.1) is 0 Å². The third-order valence-electron chi connectivity index (χ3n) is 3.44. The Morgan fingerprint density at radius 2 is 2.21 bits per heavy atom. The minimum absolute atomic E-state index is 0.474. The summed E-state index contributed by atoms with van der Waals surface area (Å²) < 4.78 is 0. The summed E-state index contributed by atoms with van der Waals surface area (Å²) in [6.45, 7) is 1.16. The van der Waals surface area contributed by atoms with Crippen LogP contribution in [0.2, 0.25) is 0 Å². The number of allylic oxidation sites excluding steroid dienone is 1. The molecule has 14 heavy (non-hydrogen) atoms. The van der Waals surface area contributed by atoms with Crippen LogP contribution in [-0.2, 0) is 0 Å². The molecule has 1 fully saturated rings. The lowest BCUT2D eigenvalue weighted by molar-refractivity contribution is 0.293. The van der Waals surface area contributed by atoms with Crippen LogP contribution in [0.15, 0.2) is 11.6 Å². The molecule has 0 aromatic rings. The quantitative estimate of drug-likeness (QED) is 0.671. The van der Waals surface area contributed by atoms with Crippen LogP contribution >= 0.6 is 0 Å². The first kappa shape index (κ1) is 10.2. The van der Waals surface area contributed by atoms with E-state index >= 15 is 0 Å². The Bertz CT molecular complexity index is 204. The molecule has 2 rings (SSSR count). The molecule has 2 aliphatic carbocycles. The monoisotopic (exact) mass is 194 g/mol. The third-order valence-corrected chi connectivity index (χ3v) is 3.44. The molecule has 0 aromatic carbocycles. The minimum Gasteiger partial charge on any atom is -0.328 e. The molecule has 0 heterocycles. The highest BCUT2D eigenvalue weighted by Gasteiger charge is 2.24. The number of rotatable bonds is 4. The summed E-state index contributed by atoms with van der Waals surface area (Å²) >= 11 is 0. The summed E-state index contributed by atoms with van der Waals surface area (Å²) in [5.41, 5.74) is 7.41. The van der Waals surface area contributed by atoms with Crippen LogP contribution in [0.3, 0.4) is 0 Å². The Labute approximate surface area is 86.9 Å². The normalized spacial score (nSPS) is 32.2. The Kier molecular flexibility index (Phi) is 3.60. The summed E-state index contributed by atoms with van der Waals surface area (Å²) in [7, 11) is 0. The fourth-order valence-corrected chi connectivity index (χ4v) is 2.40. The van der Waals surface area contributed by atoms with E-state index in [1.54, 1.807) is 5.57 Å². The van der Waals surface area contributed by atoms with Crippen LogP contribution in [-0.4, -0.2) is 18.6 Å². The van der Waals surface area contributed by atoms with E-state index < -0.39 is 0 Å². The van der Waals surface area contributed by atoms with Gasteiger partial charge in [0.05, 0.1) is 0 Å². The van der Waals surface area contributed by atoms with E-state index in [9.17, 15) is 0 Å². The number of nitrogens with two attached hydrogens (primary N) is 1. The van der Waals surface area contributed by atoms with Crippen molar-refractivity contribution in [3.05, 3.63) is 11.6 Å². The molecule has 0 atom stereocenters. The van der Waals surface area contributed by atoms with E-state index in [0.29, 0.717) is 12.1 Å². The van der Waals surface area contributed by atoms with Crippen molar-refractivity contribution in [1.29, 1.82) is 0 Å². The van der Waals surface area contributed by atoms with Crippen molar-refractivity contribution >= 4 is 0 Å². The lowest BCUT2D eigenvalue weighted by Gasteiger charge is -2.33. The van der Waals surface area contributed by atoms with Crippen molar-refractivity contribution in [3.63, 3.8) is 0 Å². The fraction of sp³-hybridized carbons (Fsp3) is 0.833. The lowest BCUT2D eigenvalue weighted by atomic mass is 9.87. The van der Waals surface area contributed by atoms with Gasteiger partial charge in [-0.2, -0.15) is 0 Å². The maximum atomic E-state index is 5.73. The molecule has 0 radical (unpaired) electrons. The van der Waals surface area contributed by atoms with Gasteiger partial charge in [-0.05, 0) is 51.5 Å². The smallest absolute Gasteiger partial charge is 0.00966 e. The molecule has 0 spiro atoms. The molecule has 80 valence electrons. The van der Waals surface area contributed by atoms with Crippen molar-refractivity contribution in [2.75, 3.05) is 6.54 Å². The summed E-state index contributed by atoms with van der Waals surface area (Å²) in [6.07, 6.45) is 11.5. The van der Waals surface area contributed by atoms with E-state index in [1.807, 2.05) is 0 Å². The second-order valence-electron chi connectivity index (χ2n) is 4.74. The van der Waals surface area contributed by atoms with Crippen LogP contribution in [0.5, 0.6) is 0 Å². The molecule has 0 saturated heterocycles. The second-order valence-corrected chi connectivity index (χ2v) is 4.74. The van der Waals surface area contributed by atoms with E-state index in [4.69, 9.17) is 5.73 Å². The first-order chi connectivity index (χ1) is 6.84. The SMILES string of the molecule is NC1CC(NCCC2=CCCCC2)C1. The Balaban J connectivity index is 1.56. The first-order valence-corrected chi connectivity index (χ1v) is 6.01. The van der Waals surface area contributed by atoms with Crippen LogP contribution < -0.4 is 11.1 Å². The maximum Gasteiger partial charge on any atom is 0.00966 e. The number of hydrogen-bond acceptors (Lipinski definition) is 2. The van der Waals surface area contributed by atoms with E-state index in [0.717, 1.165) is 6.54 Å². The second kappa shape index (κ2) is 4.94. The van der Waals surface area contributed by atoms with E-state index in [-0.39, 0.29) is 0 Å². The molecule has 1 saturated carbocycles. The van der Waals surface area contributed by atoms with Crippen LogP contribution in [0.1, 0.15) is 44.9 Å². The van der Waals surface area contributed by atoms with Gasteiger partial charge in [0.2, 0.25) is 0 Å². The summed E-state index contributed by atoms with van der Waals surface area (Å²) in [4.78, 5) is 0. The zero-order valence-corrected chi connectivity index (χ0v) is 8.97. The first-order valence-electron chi connectivity index (χ1n) is 6.01. The van der Waals surface area contributed by atoms with Crippen LogP contribution in [0.25, 0.3) is 0 Å². The van der Waals surface area contributed by atoms with Gasteiger partial charge in [-0.3, -0.25) is 0 Å². The molecule has 0 amide bonds. The molecule has 2 aliphatic rings. The van der Waals surface area contributed by atoms with Gasteiger partial charge < -0.3 is 11.1 Å². The molecule has 3 N–H and O–H groups in total. The van der Waals surface area contributed by atoms with E-state index in [1.165, 1.54) is 44.9 Å². The third kappa shape index (κ3) is 2.82. The molecular weight excluding hydrogens is 172 g/mol. The van der Waals surface area contributed by atoms with Gasteiger partial charge in [-0.25, -0.2) is 0 Å². The summed E-state index contributed by atoms with van der Waals surface area (Å²) in [5, 5.41) is 3.58. The molecular formula is C12H22N2. The van der Waals surface area contributed by atoms with Crippen molar-refractivity contribution in [1.82, 2.24) is 5.32 Å². The Morgan fingerprint density at radius 1 is 1.36 bits per heavy atom. The van der Waals surface area contributed by atoms with Gasteiger partial charge in [0.1, 0.15) is 0 Å². The average molecular weight is 194 g/mol. The predicted molar refractivity (Wildman–Crippen MR) is 60.2 cm³/mol. The van der Waals surface area contributed by atoms with Gasteiger partial charge in [0.15, 0.2) is 0 Å². The molecule has 0 aromatic heterocycles. The standard InChI is InChI=1S/C12H22N2/c13-11-8-12(9-11)14-7-6-10-4-2-1-3-5-10/h4,11-12,14H,1-3,5-9,13H2. The van der Waals surface area contributed by atoms with Crippen molar-refractivity contribution in [3.8, 4) is 0 Å². The van der Waals surface area contributed by atoms with Crippen molar-refractivity contribution in [2.45, 2.75) is 57.0 Å². The highest BCUT2D eigenvalue weighted by atomic mass is 14.9. The Hall–Kier alpha value is -0.340. The summed E-state index contributed by atoms with van der Waals surface area (Å²) in [6, 6.07) is 1.19.